The number of halogens is 1. The normalized spacial score (nSPS) is 23.6. The van der Waals surface area contributed by atoms with Crippen LogP contribution in [0.4, 0.5) is 4.39 Å². The van der Waals surface area contributed by atoms with Crippen molar-refractivity contribution in [1.82, 2.24) is 4.90 Å². The van der Waals surface area contributed by atoms with E-state index in [9.17, 15) is 4.39 Å². The molecule has 1 aromatic rings. The highest BCUT2D eigenvalue weighted by atomic mass is 19.1. The Morgan fingerprint density at radius 2 is 2.41 bits per heavy atom. The molecular formula is C13H19FN2O. The first-order valence-corrected chi connectivity index (χ1v) is 5.99. The molecule has 1 aliphatic rings. The molecule has 1 saturated heterocycles. The maximum Gasteiger partial charge on any atom is 0.123 e. The maximum absolute atomic E-state index is 13.1. The molecule has 0 bridgehead atoms. The van der Waals surface area contributed by atoms with Crippen LogP contribution in [0.15, 0.2) is 24.3 Å². The number of hydrogen-bond acceptors (Lipinski definition) is 3. The van der Waals surface area contributed by atoms with Gasteiger partial charge in [0, 0.05) is 25.2 Å². The SMILES string of the molecule is CC1COCCN1CC(N)c1cccc(F)c1. The summed E-state index contributed by atoms with van der Waals surface area (Å²) in [5.74, 6) is -0.229. The topological polar surface area (TPSA) is 38.5 Å². The van der Waals surface area contributed by atoms with Crippen molar-refractivity contribution in [2.75, 3.05) is 26.3 Å². The molecule has 17 heavy (non-hydrogen) atoms. The van der Waals surface area contributed by atoms with Crippen molar-refractivity contribution in [3.8, 4) is 0 Å². The van der Waals surface area contributed by atoms with Gasteiger partial charge in [0.15, 0.2) is 0 Å². The fourth-order valence-corrected chi connectivity index (χ4v) is 2.13. The monoisotopic (exact) mass is 238 g/mol. The van der Waals surface area contributed by atoms with Crippen molar-refractivity contribution in [3.63, 3.8) is 0 Å². The predicted molar refractivity (Wildman–Crippen MR) is 65.2 cm³/mol. The van der Waals surface area contributed by atoms with E-state index in [1.807, 2.05) is 6.07 Å². The van der Waals surface area contributed by atoms with Gasteiger partial charge >= 0.3 is 0 Å². The fraction of sp³-hybridized carbons (Fsp3) is 0.538. The summed E-state index contributed by atoms with van der Waals surface area (Å²) < 4.78 is 18.5. The van der Waals surface area contributed by atoms with Crippen LogP contribution in [-0.2, 0) is 4.74 Å². The van der Waals surface area contributed by atoms with Crippen LogP contribution in [0, 0.1) is 5.82 Å². The molecule has 2 atom stereocenters. The van der Waals surface area contributed by atoms with Crippen molar-refractivity contribution in [2.45, 2.75) is 19.0 Å². The molecule has 3 nitrogen and oxygen atoms in total. The van der Waals surface area contributed by atoms with Gasteiger partial charge in [-0.1, -0.05) is 12.1 Å². The summed E-state index contributed by atoms with van der Waals surface area (Å²) in [6, 6.07) is 6.75. The zero-order valence-corrected chi connectivity index (χ0v) is 10.1. The van der Waals surface area contributed by atoms with Gasteiger partial charge in [-0.3, -0.25) is 4.90 Å². The second-order valence-electron chi connectivity index (χ2n) is 4.58. The second-order valence-corrected chi connectivity index (χ2v) is 4.58. The number of nitrogens with two attached hydrogens (primary N) is 1. The molecule has 0 amide bonds. The predicted octanol–water partition coefficient (Wildman–Crippen LogP) is 1.55. The van der Waals surface area contributed by atoms with E-state index in [0.717, 1.165) is 31.9 Å². The number of ether oxygens (including phenoxy) is 1. The molecule has 0 saturated carbocycles. The molecule has 2 unspecified atom stereocenters. The molecule has 1 heterocycles. The van der Waals surface area contributed by atoms with E-state index in [0.29, 0.717) is 6.04 Å². The molecular weight excluding hydrogens is 219 g/mol. The van der Waals surface area contributed by atoms with E-state index >= 15 is 0 Å². The minimum absolute atomic E-state index is 0.147. The Bertz CT molecular complexity index is 372. The Balaban J connectivity index is 1.98. The van der Waals surface area contributed by atoms with Gasteiger partial charge in [0.25, 0.3) is 0 Å². The van der Waals surface area contributed by atoms with Crippen LogP contribution >= 0.6 is 0 Å². The summed E-state index contributed by atoms with van der Waals surface area (Å²) in [6.07, 6.45) is 0. The highest BCUT2D eigenvalue weighted by molar-refractivity contribution is 5.20. The first-order chi connectivity index (χ1) is 8.16. The van der Waals surface area contributed by atoms with Gasteiger partial charge in [-0.15, -0.1) is 0 Å². The standard InChI is InChI=1S/C13H19FN2O/c1-10-9-17-6-5-16(10)8-13(15)11-3-2-4-12(14)7-11/h2-4,7,10,13H,5-6,8-9,15H2,1H3. The van der Waals surface area contributed by atoms with Crippen molar-refractivity contribution in [1.29, 1.82) is 0 Å². The summed E-state index contributed by atoms with van der Waals surface area (Å²) >= 11 is 0. The molecule has 1 aliphatic heterocycles. The lowest BCUT2D eigenvalue weighted by atomic mass is 10.1. The first kappa shape index (κ1) is 12.5. The number of rotatable bonds is 3. The molecule has 0 aliphatic carbocycles. The third kappa shape index (κ3) is 3.25. The average Bonchev–Trinajstić information content (AvgIpc) is 2.32. The second kappa shape index (κ2) is 5.58. The minimum Gasteiger partial charge on any atom is -0.379 e. The summed E-state index contributed by atoms with van der Waals surface area (Å²) in [4.78, 5) is 2.29. The average molecular weight is 238 g/mol. The third-order valence-corrected chi connectivity index (χ3v) is 3.21. The van der Waals surface area contributed by atoms with Gasteiger partial charge in [0.05, 0.1) is 13.2 Å². The first-order valence-electron chi connectivity index (χ1n) is 5.99. The van der Waals surface area contributed by atoms with Crippen LogP contribution in [0.25, 0.3) is 0 Å². The van der Waals surface area contributed by atoms with Crippen LogP contribution in [-0.4, -0.2) is 37.2 Å². The van der Waals surface area contributed by atoms with Crippen molar-refractivity contribution in [2.24, 2.45) is 5.73 Å². The fourth-order valence-electron chi connectivity index (χ4n) is 2.13. The molecule has 4 heteroatoms. The molecule has 1 fully saturated rings. The maximum atomic E-state index is 13.1. The van der Waals surface area contributed by atoms with Gasteiger partial charge in [-0.05, 0) is 24.6 Å². The minimum atomic E-state index is -0.229. The zero-order valence-electron chi connectivity index (χ0n) is 10.1. The lowest BCUT2D eigenvalue weighted by molar-refractivity contribution is -0.00281. The lowest BCUT2D eigenvalue weighted by Crippen LogP contribution is -2.46. The Morgan fingerprint density at radius 3 is 3.12 bits per heavy atom. The molecule has 2 rings (SSSR count). The summed E-state index contributed by atoms with van der Waals surface area (Å²) in [5, 5.41) is 0. The lowest BCUT2D eigenvalue weighted by Gasteiger charge is -2.34. The van der Waals surface area contributed by atoms with Crippen LogP contribution in [0.5, 0.6) is 0 Å². The van der Waals surface area contributed by atoms with Gasteiger partial charge in [-0.25, -0.2) is 4.39 Å². The molecule has 1 aromatic carbocycles. The van der Waals surface area contributed by atoms with Crippen molar-refractivity contribution in [3.05, 3.63) is 35.6 Å². The Hall–Kier alpha value is -0.970. The summed E-state index contributed by atoms with van der Waals surface area (Å²) in [7, 11) is 0. The van der Waals surface area contributed by atoms with E-state index in [1.54, 1.807) is 6.07 Å². The van der Waals surface area contributed by atoms with Crippen LogP contribution in [0.3, 0.4) is 0 Å². The largest absolute Gasteiger partial charge is 0.379 e. The van der Waals surface area contributed by atoms with Crippen molar-refractivity contribution >= 4 is 0 Å². The Morgan fingerprint density at radius 1 is 1.59 bits per heavy atom. The summed E-state index contributed by atoms with van der Waals surface area (Å²) in [5.41, 5.74) is 6.96. The van der Waals surface area contributed by atoms with Gasteiger partial charge in [-0.2, -0.15) is 0 Å². The molecule has 94 valence electrons. The van der Waals surface area contributed by atoms with E-state index in [2.05, 4.69) is 11.8 Å². The molecule has 0 aromatic heterocycles. The van der Waals surface area contributed by atoms with E-state index in [-0.39, 0.29) is 11.9 Å². The molecule has 0 spiro atoms. The van der Waals surface area contributed by atoms with Gasteiger partial charge in [0.1, 0.15) is 5.82 Å². The quantitative estimate of drug-likeness (QED) is 0.868. The number of nitrogens with zero attached hydrogens (tertiary/aromatic N) is 1. The smallest absolute Gasteiger partial charge is 0.123 e. The number of benzene rings is 1. The summed E-state index contributed by atoms with van der Waals surface area (Å²) in [6.45, 7) is 5.26. The van der Waals surface area contributed by atoms with Gasteiger partial charge in [0.2, 0.25) is 0 Å². The van der Waals surface area contributed by atoms with Crippen LogP contribution in [0.2, 0.25) is 0 Å². The van der Waals surface area contributed by atoms with Crippen LogP contribution < -0.4 is 5.73 Å². The molecule has 2 N–H and O–H groups in total. The van der Waals surface area contributed by atoms with E-state index < -0.39 is 0 Å². The highest BCUT2D eigenvalue weighted by Gasteiger charge is 2.21. The van der Waals surface area contributed by atoms with Crippen molar-refractivity contribution < 1.29 is 9.13 Å². The highest BCUT2D eigenvalue weighted by Crippen LogP contribution is 2.16. The Kier molecular flexibility index (Phi) is 4.10. The van der Waals surface area contributed by atoms with Gasteiger partial charge < -0.3 is 10.5 Å². The number of morpholine rings is 1. The molecule has 0 radical (unpaired) electrons. The third-order valence-electron chi connectivity index (χ3n) is 3.21. The van der Waals surface area contributed by atoms with Crippen LogP contribution in [0.1, 0.15) is 18.5 Å². The van der Waals surface area contributed by atoms with E-state index in [1.165, 1.54) is 12.1 Å². The Labute approximate surface area is 101 Å². The zero-order chi connectivity index (χ0) is 12.3. The number of hydrogen-bond donors (Lipinski definition) is 1. The van der Waals surface area contributed by atoms with E-state index in [4.69, 9.17) is 10.5 Å².